The summed E-state index contributed by atoms with van der Waals surface area (Å²) in [6, 6.07) is 175. The van der Waals surface area contributed by atoms with Crippen LogP contribution < -0.4 is 0 Å². The zero-order valence-electron chi connectivity index (χ0n) is 75.1. The predicted molar refractivity (Wildman–Crippen MR) is 586 cm³/mol. The molecule has 11 heteroatoms. The molecule has 0 saturated heterocycles. The predicted octanol–water partition coefficient (Wildman–Crippen LogP) is 34.5. The molecule has 0 spiro atoms. The number of nitrogens with zero attached hydrogens (tertiary/aromatic N) is 9. The Labute approximate surface area is 807 Å². The zero-order valence-corrected chi connectivity index (χ0v) is 76.7. The van der Waals surface area contributed by atoms with E-state index in [2.05, 4.69) is 466 Å². The first-order valence-electron chi connectivity index (χ1n) is 47.0. The molecule has 0 saturated carbocycles. The first-order chi connectivity index (χ1) is 68.9. The highest BCUT2D eigenvalue weighted by atomic mass is 32.1. The number of rotatable bonds is 12. The van der Waals surface area contributed by atoms with Gasteiger partial charge in [-0.25, -0.2) is 19.9 Å². The van der Waals surface area contributed by atoms with Crippen LogP contribution in [-0.2, 0) is 0 Å². The van der Waals surface area contributed by atoms with E-state index in [0.717, 1.165) is 73.0 Å². The summed E-state index contributed by atoms with van der Waals surface area (Å²) in [6.45, 7) is 0. The maximum absolute atomic E-state index is 5.19. The highest BCUT2D eigenvalue weighted by Crippen LogP contribution is 2.47. The van der Waals surface area contributed by atoms with Crippen molar-refractivity contribution in [3.8, 4) is 107 Å². The first kappa shape index (κ1) is 80.6. The smallest absolute Gasteiger partial charge is 0.235 e. The molecule has 20 aromatic carbocycles. The van der Waals surface area contributed by atoms with Crippen molar-refractivity contribution in [1.29, 1.82) is 0 Å². The molecule has 0 atom stereocenters. The van der Waals surface area contributed by atoms with Gasteiger partial charge in [0, 0.05) is 145 Å². The van der Waals surface area contributed by atoms with Crippen LogP contribution in [0.15, 0.2) is 491 Å². The van der Waals surface area contributed by atoms with E-state index in [4.69, 9.17) is 19.9 Å². The van der Waals surface area contributed by atoms with Crippen molar-refractivity contribution in [2.24, 2.45) is 0 Å². The van der Waals surface area contributed by atoms with Crippen molar-refractivity contribution in [1.82, 2.24) is 42.8 Å². The minimum Gasteiger partial charge on any atom is -0.309 e. The Kier molecular flexibility index (Phi) is 19.5. The van der Waals surface area contributed by atoms with Crippen molar-refractivity contribution in [3.05, 3.63) is 491 Å². The maximum atomic E-state index is 5.19. The lowest BCUT2D eigenvalue weighted by Gasteiger charge is -2.12. The number of hydrogen-bond acceptors (Lipinski definition) is 6. The summed E-state index contributed by atoms with van der Waals surface area (Å²) in [5.74, 6) is 1.36. The Morgan fingerprint density at radius 3 is 0.921 bits per heavy atom. The van der Waals surface area contributed by atoms with Crippen molar-refractivity contribution < 1.29 is 0 Å². The number of para-hydroxylation sites is 7. The molecule has 0 amide bonds. The average Bonchev–Trinajstić information content (AvgIpc) is 1.58. The minimum absolute atomic E-state index is 0.652. The SMILES string of the molecule is c1ccc(-c2cc(-c3ccccc3)nc(-c3ccc(-n4c5ccccc5c5cc(-c6cccc7c6sc6ccccc67)ccc54)cc3)n2)cc1.c1ccc(-c2cc(-c3ccccc3)nc(-n3c4ccccc4c4cc(-c5ccc6c(c5)c5ccccc5n6-c5ccccc5)ccc43)n2)cc1.c1ccc(-n2c3ccccc3c3cc(-n4c5ccccc5c5cc6c(cc54)sc4ccccc46)ccc32)cc1. The van der Waals surface area contributed by atoms with Crippen LogP contribution in [-0.4, -0.2) is 42.8 Å². The first-order valence-corrected chi connectivity index (χ1v) is 48.7. The summed E-state index contributed by atoms with van der Waals surface area (Å²) < 4.78 is 17.1. The van der Waals surface area contributed by atoms with Gasteiger partial charge in [0.25, 0.3) is 0 Å². The van der Waals surface area contributed by atoms with Gasteiger partial charge in [0.05, 0.1) is 77.9 Å². The van der Waals surface area contributed by atoms with E-state index in [1.165, 1.54) is 172 Å². The number of fused-ring (bicyclic) bond motifs is 21. The molecular formula is C128H81N9S2. The van der Waals surface area contributed by atoms with Gasteiger partial charge in [-0.2, -0.15) is 0 Å². The second kappa shape index (κ2) is 33.6. The van der Waals surface area contributed by atoms with Gasteiger partial charge in [0.15, 0.2) is 5.82 Å². The summed E-state index contributed by atoms with van der Waals surface area (Å²) >= 11 is 3.76. The fourth-order valence-corrected chi connectivity index (χ4v) is 23.4. The van der Waals surface area contributed by atoms with Crippen molar-refractivity contribution in [2.75, 3.05) is 0 Å². The van der Waals surface area contributed by atoms with E-state index >= 15 is 0 Å². The molecular weight excluding hydrogens is 1730 g/mol. The van der Waals surface area contributed by atoms with Crippen molar-refractivity contribution >= 4 is 172 Å². The Hall–Kier alpha value is -18.0. The Balaban J connectivity index is 0.000000106. The third-order valence-electron chi connectivity index (χ3n) is 27.5. The molecule has 9 aromatic heterocycles. The lowest BCUT2D eigenvalue weighted by atomic mass is 10.0. The molecule has 0 aliphatic heterocycles. The monoisotopic (exact) mass is 1810 g/mol. The number of benzene rings is 20. The summed E-state index contributed by atoms with van der Waals surface area (Å²) in [6.07, 6.45) is 0. The molecule has 0 bridgehead atoms. The molecule has 650 valence electrons. The van der Waals surface area contributed by atoms with E-state index in [1.54, 1.807) is 0 Å². The highest BCUT2D eigenvalue weighted by molar-refractivity contribution is 7.26. The molecule has 9 nitrogen and oxygen atoms in total. The third kappa shape index (κ3) is 13.9. The standard InChI is InChI=1S/C46H30N4.C46H29N3S.C36H22N2S/c1-4-14-31(15-5-1)40-30-41(32-16-6-2-7-17-32)48-46(47-40)50-43-23-13-11-21-37(43)39-29-34(25-27-45(39)50)33-24-26-44-38(28-33)36-20-10-12-22-42(36)49(44)35-18-8-3-9-19-35;1-3-12-30(13-4-1)40-29-41(31-14-5-2-6-15-31)48-46(47-40)32-22-25-34(26-23-32)49-42-20-9-7-16-36(42)39-28-33(24-27-43(39)49)35-18-11-19-38-37-17-8-10-21-44(37)50-45(35)38;1-2-10-23(11-3-1)37-31-15-7-4-12-25(31)28-20-24(18-19-33(28)37)38-32-16-8-5-13-26(32)29-21-30-27-14-6-9-17-35(27)39-36(30)22-34(29)38/h1-30H;1-29H;1-22H. The van der Waals surface area contributed by atoms with Crippen LogP contribution >= 0.6 is 22.7 Å². The van der Waals surface area contributed by atoms with Gasteiger partial charge in [0.1, 0.15) is 0 Å². The second-order valence-corrected chi connectivity index (χ2v) is 37.6. The lowest BCUT2D eigenvalue weighted by Crippen LogP contribution is -2.03. The summed E-state index contributed by atoms with van der Waals surface area (Å²) in [5.41, 5.74) is 30.1. The van der Waals surface area contributed by atoms with Gasteiger partial charge in [-0.3, -0.25) is 4.57 Å². The van der Waals surface area contributed by atoms with Crippen LogP contribution in [0, 0.1) is 0 Å². The largest absolute Gasteiger partial charge is 0.309 e. The van der Waals surface area contributed by atoms with Crippen LogP contribution in [0.4, 0.5) is 0 Å². The Morgan fingerprint density at radius 1 is 0.151 bits per heavy atom. The molecule has 29 aromatic rings. The summed E-state index contributed by atoms with van der Waals surface area (Å²) in [5, 5.41) is 17.7. The Bertz CT molecular complexity index is 9770. The minimum atomic E-state index is 0.652. The van der Waals surface area contributed by atoms with Crippen LogP contribution in [0.2, 0.25) is 0 Å². The van der Waals surface area contributed by atoms with Gasteiger partial charge in [-0.05, 0) is 192 Å². The maximum Gasteiger partial charge on any atom is 0.235 e. The normalized spacial score (nSPS) is 11.7. The lowest BCUT2D eigenvalue weighted by molar-refractivity contribution is 0.995. The number of aromatic nitrogens is 9. The fraction of sp³-hybridized carbons (Fsp3) is 0. The average molecular weight is 1810 g/mol. The van der Waals surface area contributed by atoms with Crippen LogP contribution in [0.25, 0.3) is 257 Å². The molecule has 0 aliphatic carbocycles. The molecule has 29 rings (SSSR count). The Morgan fingerprint density at radius 2 is 0.460 bits per heavy atom. The van der Waals surface area contributed by atoms with Gasteiger partial charge in [-0.15, -0.1) is 22.7 Å². The molecule has 139 heavy (non-hydrogen) atoms. The molecule has 0 radical (unpaired) electrons. The molecule has 0 N–H and O–H groups in total. The summed E-state index contributed by atoms with van der Waals surface area (Å²) in [7, 11) is 0. The van der Waals surface area contributed by atoms with Crippen molar-refractivity contribution in [3.63, 3.8) is 0 Å². The van der Waals surface area contributed by atoms with E-state index in [9.17, 15) is 0 Å². The molecule has 0 fully saturated rings. The number of hydrogen-bond donors (Lipinski definition) is 0. The molecule has 9 heterocycles. The quantitative estimate of drug-likeness (QED) is 0.122. The topological polar surface area (TPSA) is 76.2 Å². The van der Waals surface area contributed by atoms with Gasteiger partial charge in [0.2, 0.25) is 5.95 Å². The molecule has 0 aliphatic rings. The van der Waals surface area contributed by atoms with E-state index in [0.29, 0.717) is 11.8 Å². The van der Waals surface area contributed by atoms with E-state index in [-0.39, 0.29) is 0 Å². The van der Waals surface area contributed by atoms with Gasteiger partial charge in [-0.1, -0.05) is 322 Å². The molecule has 0 unspecified atom stereocenters. The number of thiophene rings is 2. The fourth-order valence-electron chi connectivity index (χ4n) is 21.1. The van der Waals surface area contributed by atoms with E-state index in [1.807, 2.05) is 71.2 Å². The van der Waals surface area contributed by atoms with Crippen LogP contribution in [0.1, 0.15) is 0 Å². The van der Waals surface area contributed by atoms with Gasteiger partial charge < -0.3 is 18.3 Å². The van der Waals surface area contributed by atoms with Crippen molar-refractivity contribution in [2.45, 2.75) is 0 Å². The highest BCUT2D eigenvalue weighted by Gasteiger charge is 2.25. The second-order valence-electron chi connectivity index (χ2n) is 35.5. The third-order valence-corrected chi connectivity index (χ3v) is 29.8. The van der Waals surface area contributed by atoms with Gasteiger partial charge >= 0.3 is 0 Å². The van der Waals surface area contributed by atoms with E-state index < -0.39 is 0 Å². The van der Waals surface area contributed by atoms with Crippen LogP contribution in [0.3, 0.4) is 0 Å². The summed E-state index contributed by atoms with van der Waals surface area (Å²) in [4.78, 5) is 20.5. The zero-order chi connectivity index (χ0) is 91.5. The van der Waals surface area contributed by atoms with Crippen LogP contribution in [0.5, 0.6) is 0 Å².